The van der Waals surface area contributed by atoms with E-state index in [1.807, 2.05) is 24.3 Å². The summed E-state index contributed by atoms with van der Waals surface area (Å²) in [5.41, 5.74) is 5.27. The van der Waals surface area contributed by atoms with E-state index in [1.165, 1.54) is 6.07 Å². The zero-order valence-electron chi connectivity index (χ0n) is 29.4. The van der Waals surface area contributed by atoms with E-state index in [0.29, 0.717) is 34.3 Å². The van der Waals surface area contributed by atoms with Crippen molar-refractivity contribution >= 4 is 11.6 Å². The molecule has 5 rings (SSSR count). The summed E-state index contributed by atoms with van der Waals surface area (Å²) in [6, 6.07) is 19.1. The van der Waals surface area contributed by atoms with Crippen LogP contribution in [0.1, 0.15) is 47.6 Å². The first-order valence-electron chi connectivity index (χ1n) is 17.2. The zero-order valence-corrected chi connectivity index (χ0v) is 30.1. The van der Waals surface area contributed by atoms with Crippen LogP contribution in [0.3, 0.4) is 0 Å². The van der Waals surface area contributed by atoms with Crippen LogP contribution in [-0.4, -0.2) is 71.3 Å². The van der Waals surface area contributed by atoms with Crippen molar-refractivity contribution in [2.75, 3.05) is 39.5 Å². The summed E-state index contributed by atoms with van der Waals surface area (Å²) >= 11 is 6.72. The Labute approximate surface area is 303 Å². The molecule has 0 spiro atoms. The van der Waals surface area contributed by atoms with Gasteiger partial charge in [-0.2, -0.15) is 0 Å². The van der Waals surface area contributed by atoms with Crippen LogP contribution in [0.2, 0.25) is 5.02 Å². The Hall–Kier alpha value is -3.77. The summed E-state index contributed by atoms with van der Waals surface area (Å²) in [6.07, 6.45) is 1.49. The van der Waals surface area contributed by atoms with Crippen molar-refractivity contribution in [1.29, 1.82) is 0 Å². The van der Waals surface area contributed by atoms with E-state index in [9.17, 15) is 24.1 Å². The molecule has 0 amide bonds. The molecule has 1 unspecified atom stereocenters. The molecule has 4 aromatic rings. The molecule has 4 aromatic carbocycles. The Balaban J connectivity index is 1.31. The predicted octanol–water partition coefficient (Wildman–Crippen LogP) is 6.73. The van der Waals surface area contributed by atoms with Crippen LogP contribution in [0.5, 0.6) is 17.2 Å². The molecule has 1 aliphatic heterocycles. The van der Waals surface area contributed by atoms with Crippen LogP contribution in [0.4, 0.5) is 8.78 Å². The summed E-state index contributed by atoms with van der Waals surface area (Å²) in [7, 11) is 0. The number of rotatable bonds is 17. The van der Waals surface area contributed by atoms with Gasteiger partial charge < -0.3 is 39.7 Å². The third-order valence-electron chi connectivity index (χ3n) is 9.42. The highest BCUT2D eigenvalue weighted by Gasteiger charge is 2.23. The number of likely N-dealkylation sites (tertiary alicyclic amines) is 1. The minimum Gasteiger partial charge on any atom is -0.493 e. The van der Waals surface area contributed by atoms with Gasteiger partial charge in [-0.15, -0.1) is 0 Å². The summed E-state index contributed by atoms with van der Waals surface area (Å²) in [6.45, 7) is 8.70. The second-order valence-corrected chi connectivity index (χ2v) is 13.8. The minimum absolute atomic E-state index is 0.0472. The second-order valence-electron chi connectivity index (χ2n) is 13.4. The fraction of sp³-hybridized carbons (Fsp3) is 0.400. The molecular weight excluding hydrogens is 678 g/mol. The van der Waals surface area contributed by atoms with Crippen molar-refractivity contribution < 1.29 is 38.3 Å². The maximum Gasteiger partial charge on any atom is 0.159 e. The van der Waals surface area contributed by atoms with Gasteiger partial charge in [0.25, 0.3) is 0 Å². The fourth-order valence-electron chi connectivity index (χ4n) is 6.06. The van der Waals surface area contributed by atoms with Crippen LogP contribution < -0.4 is 19.5 Å². The van der Waals surface area contributed by atoms with E-state index in [-0.39, 0.29) is 39.1 Å². The normalized spacial score (nSPS) is 15.0. The van der Waals surface area contributed by atoms with Gasteiger partial charge in [0.2, 0.25) is 0 Å². The summed E-state index contributed by atoms with van der Waals surface area (Å²) < 4.78 is 45.9. The maximum absolute atomic E-state index is 13.9. The van der Waals surface area contributed by atoms with Gasteiger partial charge in [-0.3, -0.25) is 0 Å². The van der Waals surface area contributed by atoms with Gasteiger partial charge in [0.15, 0.2) is 11.6 Å². The van der Waals surface area contributed by atoms with Crippen molar-refractivity contribution in [3.8, 4) is 28.4 Å². The van der Waals surface area contributed by atoms with E-state index in [4.69, 9.17) is 25.8 Å². The van der Waals surface area contributed by atoms with Crippen molar-refractivity contribution in [2.45, 2.75) is 65.0 Å². The molecule has 0 aromatic heterocycles. The number of nitrogens with zero attached hydrogens (tertiary/aromatic N) is 1. The number of benzene rings is 4. The van der Waals surface area contributed by atoms with Gasteiger partial charge in [0.05, 0.1) is 36.5 Å². The molecule has 0 bridgehead atoms. The second kappa shape index (κ2) is 17.6. The van der Waals surface area contributed by atoms with Crippen LogP contribution in [0, 0.1) is 25.5 Å². The smallest absolute Gasteiger partial charge is 0.159 e. The monoisotopic (exact) mass is 724 g/mol. The zero-order chi connectivity index (χ0) is 36.5. The molecule has 4 N–H and O–H groups in total. The lowest BCUT2D eigenvalue weighted by Crippen LogP contribution is -2.48. The number of β-amino-alcohol motifs (C(OH)–C–C–N with tert-alkyl or cyclic N) is 1. The van der Waals surface area contributed by atoms with E-state index in [1.54, 1.807) is 19.1 Å². The van der Waals surface area contributed by atoms with E-state index in [2.05, 4.69) is 36.2 Å². The molecule has 1 heterocycles. The van der Waals surface area contributed by atoms with Gasteiger partial charge in [-0.25, -0.2) is 8.78 Å². The highest BCUT2D eigenvalue weighted by atomic mass is 35.5. The Morgan fingerprint density at radius 1 is 0.843 bits per heavy atom. The van der Waals surface area contributed by atoms with Gasteiger partial charge in [-0.1, -0.05) is 48.0 Å². The summed E-state index contributed by atoms with van der Waals surface area (Å²) in [5, 5.41) is 32.7. The number of aliphatic hydroxyl groups is 3. The van der Waals surface area contributed by atoms with Crippen LogP contribution in [-0.2, 0) is 19.8 Å². The van der Waals surface area contributed by atoms with Gasteiger partial charge >= 0.3 is 0 Å². The maximum atomic E-state index is 13.9. The number of aliphatic hydroxyl groups excluding tert-OH is 3. The highest BCUT2D eigenvalue weighted by molar-refractivity contribution is 6.32. The standard InChI is InChI=1S/C40H47ClF2N2O6/c1-26-29(7-4-8-32(26)33-9-5-10-37(27(33)2)49-16-6-14-45-15-13-31(48)21-45)23-51-39-19-38(50-22-28-11-12-35(42)36(43)17-28)30(18-34(39)41)20-44-40(3,24-46)25-47/h4-5,7-12,17-19,31,44,46-48H,6,13-16,20-25H2,1-3H3. The summed E-state index contributed by atoms with van der Waals surface area (Å²) in [5.74, 6) is -0.319. The van der Waals surface area contributed by atoms with Gasteiger partial charge in [0, 0.05) is 37.8 Å². The molecular formula is C40H47ClF2N2O6. The Bertz CT molecular complexity index is 1790. The van der Waals surface area contributed by atoms with E-state index >= 15 is 0 Å². The lowest BCUT2D eigenvalue weighted by molar-refractivity contribution is 0.103. The average Bonchev–Trinajstić information content (AvgIpc) is 3.55. The SMILES string of the molecule is Cc1c(COc2cc(OCc3ccc(F)c(F)c3)c(CNC(C)(CO)CO)cc2Cl)cccc1-c1cccc(OCCCN2CCC(O)C2)c1C. The first-order chi connectivity index (χ1) is 24.5. The molecule has 1 atom stereocenters. The van der Waals surface area contributed by atoms with Crippen molar-refractivity contribution in [1.82, 2.24) is 10.2 Å². The quantitative estimate of drug-likeness (QED) is 0.0890. The van der Waals surface area contributed by atoms with Crippen LogP contribution in [0.25, 0.3) is 11.1 Å². The molecule has 1 aliphatic rings. The first-order valence-corrected chi connectivity index (χ1v) is 17.6. The lowest BCUT2D eigenvalue weighted by Gasteiger charge is -2.27. The van der Waals surface area contributed by atoms with Gasteiger partial charge in [0.1, 0.15) is 30.5 Å². The predicted molar refractivity (Wildman–Crippen MR) is 194 cm³/mol. The average molecular weight is 725 g/mol. The molecule has 0 aliphatic carbocycles. The molecule has 51 heavy (non-hydrogen) atoms. The third-order valence-corrected chi connectivity index (χ3v) is 9.72. The number of nitrogens with one attached hydrogen (secondary N) is 1. The molecule has 1 saturated heterocycles. The minimum atomic E-state index is -0.970. The third kappa shape index (κ3) is 9.97. The largest absolute Gasteiger partial charge is 0.493 e. The number of hydrogen-bond donors (Lipinski definition) is 4. The molecule has 274 valence electrons. The van der Waals surface area contributed by atoms with Gasteiger partial charge in [-0.05, 0) is 91.3 Å². The molecule has 0 saturated carbocycles. The fourth-order valence-corrected chi connectivity index (χ4v) is 6.30. The molecule has 8 nitrogen and oxygen atoms in total. The van der Waals surface area contributed by atoms with E-state index < -0.39 is 17.2 Å². The number of halogens is 3. The summed E-state index contributed by atoms with van der Waals surface area (Å²) in [4.78, 5) is 2.27. The molecule has 11 heteroatoms. The Morgan fingerprint density at radius 3 is 2.27 bits per heavy atom. The topological polar surface area (TPSA) is 104 Å². The van der Waals surface area contributed by atoms with Crippen molar-refractivity contribution in [2.24, 2.45) is 0 Å². The van der Waals surface area contributed by atoms with Crippen LogP contribution in [0.15, 0.2) is 66.7 Å². The molecule has 1 fully saturated rings. The Kier molecular flexibility index (Phi) is 13.3. The lowest BCUT2D eigenvalue weighted by atomic mass is 9.93. The van der Waals surface area contributed by atoms with Crippen molar-refractivity contribution in [3.63, 3.8) is 0 Å². The van der Waals surface area contributed by atoms with Crippen molar-refractivity contribution in [3.05, 3.63) is 111 Å². The number of ether oxygens (including phenoxy) is 3. The first kappa shape index (κ1) is 38.5. The Morgan fingerprint density at radius 2 is 1.57 bits per heavy atom. The van der Waals surface area contributed by atoms with Crippen LogP contribution >= 0.6 is 11.6 Å². The molecule has 0 radical (unpaired) electrons. The van der Waals surface area contributed by atoms with E-state index in [0.717, 1.165) is 78.2 Å². The number of hydrogen-bond acceptors (Lipinski definition) is 8. The highest BCUT2D eigenvalue weighted by Crippen LogP contribution is 2.36.